The van der Waals surface area contributed by atoms with Gasteiger partial charge in [0.05, 0.1) is 5.41 Å². The topological polar surface area (TPSA) is 46.5 Å². The first-order chi connectivity index (χ1) is 8.46. The van der Waals surface area contributed by atoms with Gasteiger partial charge >= 0.3 is 5.97 Å². The molecule has 0 aliphatic carbocycles. The Bertz CT molecular complexity index is 294. The van der Waals surface area contributed by atoms with Crippen LogP contribution in [-0.2, 0) is 9.22 Å². The maximum Gasteiger partial charge on any atom is 0.311 e. The molecular weight excluding hydrogens is 256 g/mol. The summed E-state index contributed by atoms with van der Waals surface area (Å²) in [7, 11) is -1.87. The molecule has 0 radical (unpaired) electrons. The second kappa shape index (κ2) is 6.89. The minimum atomic E-state index is -1.87. The minimum absolute atomic E-state index is 0.121. The van der Waals surface area contributed by atoms with Crippen molar-refractivity contribution >= 4 is 14.3 Å². The van der Waals surface area contributed by atoms with Crippen LogP contribution in [0.3, 0.4) is 0 Å². The lowest BCUT2D eigenvalue weighted by molar-refractivity contribution is -0.150. The van der Waals surface area contributed by atoms with Gasteiger partial charge in [0.2, 0.25) is 0 Å². The summed E-state index contributed by atoms with van der Waals surface area (Å²) in [5.74, 6) is -0.734. The zero-order chi connectivity index (χ0) is 15.3. The Morgan fingerprint density at radius 2 is 1.68 bits per heavy atom. The lowest BCUT2D eigenvalue weighted by Crippen LogP contribution is -2.45. The predicted molar refractivity (Wildman–Crippen MR) is 83.0 cm³/mol. The minimum Gasteiger partial charge on any atom is -0.481 e. The highest BCUT2D eigenvalue weighted by atomic mass is 28.4. The van der Waals surface area contributed by atoms with Crippen molar-refractivity contribution in [2.75, 3.05) is 6.61 Å². The molecule has 0 amide bonds. The fourth-order valence-corrected chi connectivity index (χ4v) is 2.67. The van der Waals surface area contributed by atoms with Gasteiger partial charge in [0, 0.05) is 6.61 Å². The van der Waals surface area contributed by atoms with Crippen LogP contribution in [0, 0.1) is 5.41 Å². The summed E-state index contributed by atoms with van der Waals surface area (Å²) in [6.07, 6.45) is 3.85. The molecule has 0 bridgehead atoms. The first-order valence-electron chi connectivity index (χ1n) is 7.33. The highest BCUT2D eigenvalue weighted by Crippen LogP contribution is 2.38. The third-order valence-corrected chi connectivity index (χ3v) is 8.88. The van der Waals surface area contributed by atoms with Crippen LogP contribution in [0.25, 0.3) is 0 Å². The number of unbranched alkanes of at least 4 members (excludes halogenated alkanes) is 2. The number of carboxylic acid groups (broad SMARTS) is 1. The maximum absolute atomic E-state index is 11.5. The van der Waals surface area contributed by atoms with Gasteiger partial charge in [-0.05, 0) is 31.5 Å². The quantitative estimate of drug-likeness (QED) is 0.521. The van der Waals surface area contributed by atoms with Crippen molar-refractivity contribution in [2.24, 2.45) is 5.41 Å². The van der Waals surface area contributed by atoms with Gasteiger partial charge in [0.25, 0.3) is 0 Å². The number of hydrogen-bond donors (Lipinski definition) is 1. The third-order valence-electron chi connectivity index (χ3n) is 4.41. The molecule has 3 nitrogen and oxygen atoms in total. The maximum atomic E-state index is 11.5. The summed E-state index contributed by atoms with van der Waals surface area (Å²) in [5, 5.41) is 9.59. The van der Waals surface area contributed by atoms with E-state index in [1.165, 1.54) is 0 Å². The molecule has 0 saturated carbocycles. The fourth-order valence-electron chi connectivity index (χ4n) is 1.56. The summed E-state index contributed by atoms with van der Waals surface area (Å²) >= 11 is 0. The Hall–Kier alpha value is -0.353. The molecule has 0 heterocycles. The van der Waals surface area contributed by atoms with Gasteiger partial charge in [0.1, 0.15) is 0 Å². The Balaban J connectivity index is 4.64. The van der Waals surface area contributed by atoms with Crippen molar-refractivity contribution in [1.29, 1.82) is 0 Å². The summed E-state index contributed by atoms with van der Waals surface area (Å²) < 4.78 is 6.11. The van der Waals surface area contributed by atoms with Crippen LogP contribution in [0.15, 0.2) is 0 Å². The van der Waals surface area contributed by atoms with Crippen LogP contribution in [0.2, 0.25) is 18.1 Å². The molecule has 0 aliphatic heterocycles. The average molecular weight is 289 g/mol. The molecule has 114 valence electrons. The van der Waals surface area contributed by atoms with Crippen LogP contribution in [0.4, 0.5) is 0 Å². The van der Waals surface area contributed by atoms with Crippen LogP contribution in [-0.4, -0.2) is 26.0 Å². The molecule has 1 N–H and O–H groups in total. The smallest absolute Gasteiger partial charge is 0.311 e. The molecule has 0 rings (SSSR count). The van der Waals surface area contributed by atoms with Gasteiger partial charge in [-0.2, -0.15) is 0 Å². The molecule has 0 unspecified atom stereocenters. The van der Waals surface area contributed by atoms with E-state index in [0.717, 1.165) is 19.3 Å². The first-order valence-corrected chi connectivity index (χ1v) is 10.2. The summed E-state index contributed by atoms with van der Waals surface area (Å²) in [4.78, 5) is 11.5. The normalized spacial score (nSPS) is 16.2. The zero-order valence-electron chi connectivity index (χ0n) is 13.8. The average Bonchev–Trinajstić information content (AvgIpc) is 2.25. The number of carbonyl (C=O) groups is 1. The van der Waals surface area contributed by atoms with E-state index < -0.39 is 19.7 Å². The molecule has 19 heavy (non-hydrogen) atoms. The Labute approximate surface area is 119 Å². The lowest BCUT2D eigenvalue weighted by atomic mass is 9.86. The number of carboxylic acids is 1. The van der Waals surface area contributed by atoms with Crippen molar-refractivity contribution in [3.8, 4) is 0 Å². The van der Waals surface area contributed by atoms with Gasteiger partial charge in [-0.25, -0.2) is 0 Å². The second-order valence-corrected chi connectivity index (χ2v) is 12.2. The number of hydrogen-bond acceptors (Lipinski definition) is 2. The Morgan fingerprint density at radius 1 is 1.16 bits per heavy atom. The van der Waals surface area contributed by atoms with E-state index in [9.17, 15) is 9.90 Å². The van der Waals surface area contributed by atoms with Crippen molar-refractivity contribution in [1.82, 2.24) is 0 Å². The molecule has 0 saturated heterocycles. The van der Waals surface area contributed by atoms with Crippen LogP contribution < -0.4 is 0 Å². The second-order valence-electron chi connectivity index (χ2n) is 7.37. The molecule has 4 heteroatoms. The zero-order valence-corrected chi connectivity index (χ0v) is 14.8. The molecule has 0 aliphatic rings. The highest BCUT2D eigenvalue weighted by molar-refractivity contribution is 6.74. The highest BCUT2D eigenvalue weighted by Gasteiger charge is 2.41. The van der Waals surface area contributed by atoms with Crippen molar-refractivity contribution in [2.45, 2.75) is 78.4 Å². The van der Waals surface area contributed by atoms with Crippen molar-refractivity contribution < 1.29 is 14.3 Å². The third kappa shape index (κ3) is 5.65. The number of aliphatic carboxylic acids is 1. The molecule has 1 atom stereocenters. The molecule has 0 spiro atoms. The van der Waals surface area contributed by atoms with Gasteiger partial charge in [-0.1, -0.05) is 47.0 Å². The van der Waals surface area contributed by atoms with Crippen LogP contribution in [0.1, 0.15) is 60.3 Å². The van der Waals surface area contributed by atoms with E-state index >= 15 is 0 Å². The van der Waals surface area contributed by atoms with E-state index in [2.05, 4.69) is 40.8 Å². The predicted octanol–water partition coefficient (Wildman–Crippen LogP) is 4.68. The Morgan fingerprint density at radius 3 is 2.05 bits per heavy atom. The van der Waals surface area contributed by atoms with Crippen LogP contribution in [0.5, 0.6) is 0 Å². The monoisotopic (exact) mass is 288 g/mol. The van der Waals surface area contributed by atoms with E-state index in [0.29, 0.717) is 13.0 Å². The SMILES string of the molecule is CCCCC[C@@](C)(CO[Si](C)(C)C(C)(C)C)C(=O)O. The Kier molecular flexibility index (Phi) is 6.76. The van der Waals surface area contributed by atoms with Gasteiger partial charge in [0.15, 0.2) is 8.32 Å². The molecule has 0 aromatic rings. The molecule has 0 fully saturated rings. The summed E-state index contributed by atoms with van der Waals surface area (Å²) in [5.41, 5.74) is -0.745. The van der Waals surface area contributed by atoms with E-state index in [1.54, 1.807) is 0 Å². The molecule has 0 aromatic carbocycles. The molecule has 0 aromatic heterocycles. The fraction of sp³-hybridized carbons (Fsp3) is 0.933. The molecular formula is C15H32O3Si. The first kappa shape index (κ1) is 18.6. The van der Waals surface area contributed by atoms with Gasteiger partial charge < -0.3 is 9.53 Å². The van der Waals surface area contributed by atoms with Crippen molar-refractivity contribution in [3.05, 3.63) is 0 Å². The van der Waals surface area contributed by atoms with Crippen molar-refractivity contribution in [3.63, 3.8) is 0 Å². The lowest BCUT2D eigenvalue weighted by Gasteiger charge is -2.38. The number of rotatable bonds is 8. The van der Waals surface area contributed by atoms with Gasteiger partial charge in [-0.15, -0.1) is 0 Å². The summed E-state index contributed by atoms with van der Waals surface area (Å²) in [6.45, 7) is 15.1. The van der Waals surface area contributed by atoms with Gasteiger partial charge in [-0.3, -0.25) is 4.79 Å². The van der Waals surface area contributed by atoms with E-state index in [1.807, 2.05) is 6.92 Å². The summed E-state index contributed by atoms with van der Waals surface area (Å²) in [6, 6.07) is 0. The largest absolute Gasteiger partial charge is 0.481 e. The van der Waals surface area contributed by atoms with E-state index in [4.69, 9.17) is 4.43 Å². The van der Waals surface area contributed by atoms with Crippen LogP contribution >= 0.6 is 0 Å². The van der Waals surface area contributed by atoms with E-state index in [-0.39, 0.29) is 5.04 Å². The standard InChI is InChI=1S/C15H32O3Si/c1-8-9-10-11-15(5,13(16)17)12-18-19(6,7)14(2,3)4/h8-12H2,1-7H3,(H,16,17)/t15-/m0/s1.